The van der Waals surface area contributed by atoms with E-state index in [-0.39, 0.29) is 10.9 Å². The van der Waals surface area contributed by atoms with E-state index in [1.807, 2.05) is 44.2 Å². The molecule has 0 unspecified atom stereocenters. The minimum Gasteiger partial charge on any atom is -0.478 e. The third kappa shape index (κ3) is 4.80. The maximum atomic E-state index is 13.1. The van der Waals surface area contributed by atoms with Gasteiger partial charge in [0.2, 0.25) is 10.0 Å². The molecule has 0 atom stereocenters. The number of carbonyl (C=O) groups is 1. The average Bonchev–Trinajstić information content (AvgIpc) is 2.58. The lowest BCUT2D eigenvalue weighted by molar-refractivity contribution is -0.131. The quantitative estimate of drug-likeness (QED) is 0.751. The van der Waals surface area contributed by atoms with Crippen LogP contribution in [-0.2, 0) is 21.4 Å². The molecule has 0 saturated carbocycles. The highest BCUT2D eigenvalue weighted by Gasteiger charge is 2.27. The Bertz CT molecular complexity index is 903. The van der Waals surface area contributed by atoms with Gasteiger partial charge in [0.05, 0.1) is 4.90 Å². The van der Waals surface area contributed by atoms with Gasteiger partial charge in [-0.3, -0.25) is 0 Å². The predicted octanol–water partition coefficient (Wildman–Crippen LogP) is 3.69. The maximum absolute atomic E-state index is 13.1. The lowest BCUT2D eigenvalue weighted by Gasteiger charge is -2.26. The van der Waals surface area contributed by atoms with Crippen LogP contribution in [0.3, 0.4) is 0 Å². The van der Waals surface area contributed by atoms with Crippen LogP contribution >= 0.6 is 0 Å². The molecule has 138 valence electrons. The summed E-state index contributed by atoms with van der Waals surface area (Å²) in [7, 11) is -3.68. The second-order valence-electron chi connectivity index (χ2n) is 6.32. The van der Waals surface area contributed by atoms with E-state index in [1.165, 1.54) is 16.4 Å². The molecule has 0 aliphatic carbocycles. The van der Waals surface area contributed by atoms with Crippen molar-refractivity contribution in [3.8, 4) is 0 Å². The second-order valence-corrected chi connectivity index (χ2v) is 8.21. The smallest absolute Gasteiger partial charge is 0.328 e. The lowest BCUT2D eigenvalue weighted by Crippen LogP contribution is -2.36. The largest absolute Gasteiger partial charge is 0.478 e. The van der Waals surface area contributed by atoms with Crippen LogP contribution in [0, 0.1) is 6.92 Å². The molecule has 0 bridgehead atoms. The van der Waals surface area contributed by atoms with E-state index in [9.17, 15) is 13.2 Å². The van der Waals surface area contributed by atoms with Crippen LogP contribution in [0.2, 0.25) is 0 Å². The molecule has 26 heavy (non-hydrogen) atoms. The summed E-state index contributed by atoms with van der Waals surface area (Å²) in [5.74, 6) is -1.05. The van der Waals surface area contributed by atoms with E-state index in [0.29, 0.717) is 17.7 Å². The van der Waals surface area contributed by atoms with Gasteiger partial charge in [0.25, 0.3) is 0 Å². The van der Waals surface area contributed by atoms with E-state index in [1.54, 1.807) is 19.1 Å². The van der Waals surface area contributed by atoms with Crippen LogP contribution in [0.15, 0.2) is 59.5 Å². The van der Waals surface area contributed by atoms with E-state index >= 15 is 0 Å². The SMILES string of the molecule is Cc1cc(S(=O)(=O)N(Cc2ccccc2)C(C)C)ccc1/C=C/C(=O)O. The van der Waals surface area contributed by atoms with Crippen molar-refractivity contribution in [1.82, 2.24) is 4.31 Å². The molecule has 6 heteroatoms. The summed E-state index contributed by atoms with van der Waals surface area (Å²) in [6, 6.07) is 14.0. The first-order valence-corrected chi connectivity index (χ1v) is 9.73. The summed E-state index contributed by atoms with van der Waals surface area (Å²) in [4.78, 5) is 10.9. The summed E-state index contributed by atoms with van der Waals surface area (Å²) < 4.78 is 27.7. The van der Waals surface area contributed by atoms with Gasteiger partial charge in [0.1, 0.15) is 0 Å². The number of carboxylic acid groups (broad SMARTS) is 1. The van der Waals surface area contributed by atoms with Crippen molar-refractivity contribution < 1.29 is 18.3 Å². The molecule has 0 aromatic heterocycles. The third-order valence-corrected chi connectivity index (χ3v) is 6.03. The van der Waals surface area contributed by atoms with Crippen molar-refractivity contribution >= 4 is 22.1 Å². The van der Waals surface area contributed by atoms with Gasteiger partial charge < -0.3 is 5.11 Å². The fourth-order valence-corrected chi connectivity index (χ4v) is 4.31. The van der Waals surface area contributed by atoms with Crippen molar-refractivity contribution in [3.63, 3.8) is 0 Å². The van der Waals surface area contributed by atoms with Gasteiger partial charge >= 0.3 is 5.97 Å². The first-order valence-electron chi connectivity index (χ1n) is 8.29. The van der Waals surface area contributed by atoms with Gasteiger partial charge in [0.15, 0.2) is 0 Å². The van der Waals surface area contributed by atoms with Crippen LogP contribution in [0.4, 0.5) is 0 Å². The zero-order valence-electron chi connectivity index (χ0n) is 15.1. The average molecular weight is 373 g/mol. The Morgan fingerprint density at radius 3 is 2.35 bits per heavy atom. The summed E-state index contributed by atoms with van der Waals surface area (Å²) in [5.41, 5.74) is 2.29. The number of hydrogen-bond donors (Lipinski definition) is 1. The minimum atomic E-state index is -3.68. The van der Waals surface area contributed by atoms with Crippen LogP contribution < -0.4 is 0 Å². The third-order valence-electron chi connectivity index (χ3n) is 4.01. The van der Waals surface area contributed by atoms with Gasteiger partial charge in [-0.25, -0.2) is 13.2 Å². The van der Waals surface area contributed by atoms with Gasteiger partial charge in [0, 0.05) is 18.7 Å². The molecule has 0 fully saturated rings. The number of aryl methyl sites for hydroxylation is 1. The Kier molecular flexibility index (Phi) is 6.34. The Hall–Kier alpha value is -2.44. The minimum absolute atomic E-state index is 0.201. The zero-order valence-corrected chi connectivity index (χ0v) is 15.9. The van der Waals surface area contributed by atoms with Gasteiger partial charge in [-0.05, 0) is 55.7 Å². The number of hydrogen-bond acceptors (Lipinski definition) is 3. The van der Waals surface area contributed by atoms with Crippen LogP contribution in [0.5, 0.6) is 0 Å². The number of nitrogens with zero attached hydrogens (tertiary/aromatic N) is 1. The predicted molar refractivity (Wildman–Crippen MR) is 102 cm³/mol. The monoisotopic (exact) mass is 373 g/mol. The number of aliphatic carboxylic acids is 1. The molecule has 0 aliphatic rings. The Balaban J connectivity index is 2.37. The highest BCUT2D eigenvalue weighted by Crippen LogP contribution is 2.23. The summed E-state index contributed by atoms with van der Waals surface area (Å²) in [5, 5.41) is 8.73. The molecule has 2 aromatic carbocycles. The highest BCUT2D eigenvalue weighted by molar-refractivity contribution is 7.89. The highest BCUT2D eigenvalue weighted by atomic mass is 32.2. The molecular weight excluding hydrogens is 350 g/mol. The van der Waals surface area contributed by atoms with Crippen LogP contribution in [0.1, 0.15) is 30.5 Å². The molecule has 0 saturated heterocycles. The summed E-state index contributed by atoms with van der Waals surface area (Å²) >= 11 is 0. The molecule has 0 spiro atoms. The van der Waals surface area contributed by atoms with E-state index in [0.717, 1.165) is 11.6 Å². The van der Waals surface area contributed by atoms with Crippen LogP contribution in [-0.4, -0.2) is 29.8 Å². The molecule has 0 radical (unpaired) electrons. The van der Waals surface area contributed by atoms with E-state index < -0.39 is 16.0 Å². The van der Waals surface area contributed by atoms with E-state index in [4.69, 9.17) is 5.11 Å². The van der Waals surface area contributed by atoms with Crippen molar-refractivity contribution in [2.24, 2.45) is 0 Å². The normalized spacial score (nSPS) is 12.2. The maximum Gasteiger partial charge on any atom is 0.328 e. The van der Waals surface area contributed by atoms with Gasteiger partial charge in [-0.15, -0.1) is 0 Å². The molecule has 2 rings (SSSR count). The molecule has 0 aliphatic heterocycles. The summed E-state index contributed by atoms with van der Waals surface area (Å²) in [6.07, 6.45) is 2.49. The van der Waals surface area contributed by atoms with E-state index in [2.05, 4.69) is 0 Å². The number of carboxylic acids is 1. The van der Waals surface area contributed by atoms with Crippen molar-refractivity contribution in [1.29, 1.82) is 0 Å². The van der Waals surface area contributed by atoms with Crippen molar-refractivity contribution in [3.05, 3.63) is 71.3 Å². The zero-order chi connectivity index (χ0) is 19.3. The Morgan fingerprint density at radius 2 is 1.81 bits per heavy atom. The summed E-state index contributed by atoms with van der Waals surface area (Å²) in [6.45, 7) is 5.74. The van der Waals surface area contributed by atoms with Crippen LogP contribution in [0.25, 0.3) is 6.08 Å². The van der Waals surface area contributed by atoms with Gasteiger partial charge in [-0.1, -0.05) is 36.4 Å². The molecule has 0 heterocycles. The first-order chi connectivity index (χ1) is 12.2. The van der Waals surface area contributed by atoms with Crippen molar-refractivity contribution in [2.75, 3.05) is 0 Å². The molecule has 1 N–H and O–H groups in total. The number of sulfonamides is 1. The molecule has 2 aromatic rings. The molecular formula is C20H23NO4S. The Morgan fingerprint density at radius 1 is 1.15 bits per heavy atom. The fourth-order valence-electron chi connectivity index (χ4n) is 2.60. The molecule has 5 nitrogen and oxygen atoms in total. The second kappa shape index (κ2) is 8.29. The van der Waals surface area contributed by atoms with Gasteiger partial charge in [-0.2, -0.15) is 4.31 Å². The number of rotatable bonds is 7. The lowest BCUT2D eigenvalue weighted by atomic mass is 10.1. The Labute approximate surface area is 154 Å². The standard InChI is InChI=1S/C20H23NO4S/c1-15(2)21(14-17-7-5-4-6-8-17)26(24,25)19-11-9-18(16(3)13-19)10-12-20(22)23/h4-13,15H,14H2,1-3H3,(H,22,23)/b12-10+. The topological polar surface area (TPSA) is 74.7 Å². The number of benzene rings is 2. The first kappa shape index (κ1) is 19.9. The van der Waals surface area contributed by atoms with Crippen molar-refractivity contribution in [2.45, 2.75) is 38.3 Å². The molecule has 0 amide bonds. The fraction of sp³-hybridized carbons (Fsp3) is 0.250.